The van der Waals surface area contributed by atoms with Gasteiger partial charge in [-0.05, 0) is 50.4 Å². The Balaban J connectivity index is 1.45. The van der Waals surface area contributed by atoms with Crippen LogP contribution in [-0.2, 0) is 13.0 Å². The molecule has 0 spiro atoms. The van der Waals surface area contributed by atoms with Gasteiger partial charge in [-0.2, -0.15) is 9.97 Å². The van der Waals surface area contributed by atoms with Crippen molar-refractivity contribution in [3.63, 3.8) is 0 Å². The number of aromatic nitrogens is 2. The van der Waals surface area contributed by atoms with Gasteiger partial charge in [0.05, 0.1) is 17.3 Å². The maximum Gasteiger partial charge on any atom is 0.404 e. The van der Waals surface area contributed by atoms with E-state index in [0.717, 1.165) is 64.5 Å². The molecule has 2 aromatic carbocycles. The predicted octanol–water partition coefficient (Wildman–Crippen LogP) is 4.02. The van der Waals surface area contributed by atoms with E-state index in [1.807, 2.05) is 24.1 Å². The summed E-state index contributed by atoms with van der Waals surface area (Å²) in [5.74, 6) is 0.794. The monoisotopic (exact) mass is 524 g/mol. The van der Waals surface area contributed by atoms with Crippen molar-refractivity contribution in [3.05, 3.63) is 52.7 Å². The first-order valence-corrected chi connectivity index (χ1v) is 13.1. The molecule has 2 aliphatic heterocycles. The van der Waals surface area contributed by atoms with E-state index < -0.39 is 6.09 Å². The molecule has 2 aliphatic rings. The summed E-state index contributed by atoms with van der Waals surface area (Å²) in [6, 6.07) is 12.9. The van der Waals surface area contributed by atoms with E-state index in [0.29, 0.717) is 38.3 Å². The molecule has 0 aliphatic carbocycles. The fourth-order valence-corrected chi connectivity index (χ4v) is 5.59. The van der Waals surface area contributed by atoms with Gasteiger partial charge in [-0.15, -0.1) is 0 Å². The second-order valence-corrected chi connectivity index (χ2v) is 10.2. The number of amides is 1. The molecule has 3 heterocycles. The Bertz CT molecular complexity index is 1280. The van der Waals surface area contributed by atoms with Crippen LogP contribution in [0, 0.1) is 0 Å². The zero-order valence-electron chi connectivity index (χ0n) is 21.3. The van der Waals surface area contributed by atoms with Crippen LogP contribution in [0.5, 0.6) is 6.01 Å². The Morgan fingerprint density at radius 3 is 2.81 bits per heavy atom. The van der Waals surface area contributed by atoms with E-state index in [4.69, 9.17) is 31.4 Å². The smallest absolute Gasteiger partial charge is 0.404 e. The minimum atomic E-state index is -1.03. The Kier molecular flexibility index (Phi) is 7.53. The van der Waals surface area contributed by atoms with Crippen molar-refractivity contribution < 1.29 is 14.6 Å². The van der Waals surface area contributed by atoms with Crippen LogP contribution in [0.1, 0.15) is 24.1 Å². The van der Waals surface area contributed by atoms with Crippen molar-refractivity contribution in [1.29, 1.82) is 0 Å². The van der Waals surface area contributed by atoms with Crippen molar-refractivity contribution >= 4 is 40.0 Å². The lowest BCUT2D eigenvalue weighted by Crippen LogP contribution is -2.36. The highest BCUT2D eigenvalue weighted by atomic mass is 35.5. The summed E-state index contributed by atoms with van der Waals surface area (Å²) in [5.41, 5.74) is 3.09. The van der Waals surface area contributed by atoms with Crippen LogP contribution in [0.4, 0.5) is 16.3 Å². The molecule has 0 bridgehead atoms. The SMILES string of the molecule is CN(CCNC(=O)O)c1nc(OCC2CCCN2C)nc2c1CCN(c1cccc3cccc(Cl)c13)C2. The van der Waals surface area contributed by atoms with Crippen LogP contribution < -0.4 is 19.9 Å². The lowest BCUT2D eigenvalue weighted by Gasteiger charge is -2.33. The molecular formula is C27H33ClN6O3. The third-order valence-electron chi connectivity index (χ3n) is 7.36. The molecule has 1 aromatic heterocycles. The molecule has 10 heteroatoms. The third-order valence-corrected chi connectivity index (χ3v) is 7.67. The zero-order valence-corrected chi connectivity index (χ0v) is 22.0. The highest BCUT2D eigenvalue weighted by Gasteiger charge is 2.27. The number of benzene rings is 2. The maximum absolute atomic E-state index is 10.9. The lowest BCUT2D eigenvalue weighted by atomic mass is 10.0. The first-order valence-electron chi connectivity index (χ1n) is 12.7. The quantitative estimate of drug-likeness (QED) is 0.456. The summed E-state index contributed by atoms with van der Waals surface area (Å²) in [4.78, 5) is 27.2. The van der Waals surface area contributed by atoms with Gasteiger partial charge in [0.15, 0.2) is 0 Å². The number of nitrogens with one attached hydrogen (secondary N) is 1. The molecule has 0 radical (unpaired) electrons. The predicted molar refractivity (Wildman–Crippen MR) is 146 cm³/mol. The van der Waals surface area contributed by atoms with E-state index in [9.17, 15) is 4.79 Å². The van der Waals surface area contributed by atoms with Gasteiger partial charge in [-0.3, -0.25) is 0 Å². The van der Waals surface area contributed by atoms with Gasteiger partial charge >= 0.3 is 12.1 Å². The lowest BCUT2D eigenvalue weighted by molar-refractivity contribution is 0.187. The minimum Gasteiger partial charge on any atom is -0.465 e. The van der Waals surface area contributed by atoms with E-state index in [1.54, 1.807) is 0 Å². The van der Waals surface area contributed by atoms with Crippen molar-refractivity contribution in [1.82, 2.24) is 20.2 Å². The minimum absolute atomic E-state index is 0.300. The second kappa shape index (κ2) is 11.0. The number of carbonyl (C=O) groups is 1. The van der Waals surface area contributed by atoms with Gasteiger partial charge < -0.3 is 29.9 Å². The maximum atomic E-state index is 10.9. The number of likely N-dealkylation sites (N-methyl/N-ethyl adjacent to an activating group) is 2. The molecule has 1 amide bonds. The summed E-state index contributed by atoms with van der Waals surface area (Å²) in [6.45, 7) is 3.81. The van der Waals surface area contributed by atoms with Gasteiger partial charge in [0, 0.05) is 49.4 Å². The van der Waals surface area contributed by atoms with Crippen molar-refractivity contribution in [2.75, 3.05) is 56.7 Å². The van der Waals surface area contributed by atoms with Crippen LogP contribution in [0.2, 0.25) is 5.02 Å². The topological polar surface area (TPSA) is 94.1 Å². The van der Waals surface area contributed by atoms with Crippen molar-refractivity contribution in [3.8, 4) is 6.01 Å². The van der Waals surface area contributed by atoms with Crippen LogP contribution in [-0.4, -0.2) is 79.0 Å². The number of hydrogen-bond acceptors (Lipinski definition) is 7. The Morgan fingerprint density at radius 2 is 2.05 bits per heavy atom. The first-order chi connectivity index (χ1) is 17.9. The number of nitrogens with zero attached hydrogens (tertiary/aromatic N) is 5. The Labute approximate surface area is 222 Å². The molecule has 9 nitrogen and oxygen atoms in total. The third kappa shape index (κ3) is 5.52. The highest BCUT2D eigenvalue weighted by Crippen LogP contribution is 2.36. The number of rotatable bonds is 8. The average Bonchev–Trinajstić information content (AvgIpc) is 3.30. The molecule has 2 N–H and O–H groups in total. The van der Waals surface area contributed by atoms with Gasteiger partial charge in [-0.1, -0.05) is 35.9 Å². The molecule has 1 fully saturated rings. The van der Waals surface area contributed by atoms with E-state index in [-0.39, 0.29) is 0 Å². The number of anilines is 2. The fourth-order valence-electron chi connectivity index (χ4n) is 5.31. The molecular weight excluding hydrogens is 492 g/mol. The van der Waals surface area contributed by atoms with Crippen molar-refractivity contribution in [2.24, 2.45) is 0 Å². The highest BCUT2D eigenvalue weighted by molar-refractivity contribution is 6.36. The summed E-state index contributed by atoms with van der Waals surface area (Å²) < 4.78 is 6.15. The molecule has 37 heavy (non-hydrogen) atoms. The van der Waals surface area contributed by atoms with Gasteiger partial charge in [0.2, 0.25) is 0 Å². The number of halogens is 1. The number of fused-ring (bicyclic) bond motifs is 2. The van der Waals surface area contributed by atoms with Crippen LogP contribution in [0.15, 0.2) is 36.4 Å². The number of likely N-dealkylation sites (tertiary alicyclic amines) is 1. The largest absolute Gasteiger partial charge is 0.465 e. The fraction of sp³-hybridized carbons (Fsp3) is 0.444. The van der Waals surface area contributed by atoms with Crippen LogP contribution in [0.3, 0.4) is 0 Å². The zero-order chi connectivity index (χ0) is 25.9. The Morgan fingerprint density at radius 1 is 1.24 bits per heavy atom. The molecule has 1 saturated heterocycles. The van der Waals surface area contributed by atoms with E-state index in [1.165, 1.54) is 6.42 Å². The number of ether oxygens (including phenoxy) is 1. The van der Waals surface area contributed by atoms with Crippen LogP contribution >= 0.6 is 11.6 Å². The summed E-state index contributed by atoms with van der Waals surface area (Å²) in [5, 5.41) is 14.3. The first kappa shape index (κ1) is 25.4. The standard InChI is InChI=1S/C27H33ClN6O3/c1-32-13-5-8-19(32)17-37-26-30-22-16-34(23-10-4-7-18-6-3-9-21(28)24(18)23)14-11-20(22)25(31-26)33(2)15-12-29-27(35)36/h3-4,6-7,9-10,19,29H,5,8,11-17H2,1-2H3,(H,35,36). The summed E-state index contributed by atoms with van der Waals surface area (Å²) >= 11 is 6.63. The molecule has 1 unspecified atom stereocenters. The summed E-state index contributed by atoms with van der Waals surface area (Å²) in [6.07, 6.45) is 1.99. The van der Waals surface area contributed by atoms with Crippen LogP contribution in [0.25, 0.3) is 10.8 Å². The molecule has 3 aromatic rings. The Hall–Kier alpha value is -3.30. The molecule has 196 valence electrons. The van der Waals surface area contributed by atoms with Gasteiger partial charge in [0.1, 0.15) is 12.4 Å². The van der Waals surface area contributed by atoms with Crippen molar-refractivity contribution in [2.45, 2.75) is 31.8 Å². The second-order valence-electron chi connectivity index (χ2n) is 9.78. The number of hydrogen-bond donors (Lipinski definition) is 2. The van der Waals surface area contributed by atoms with E-state index in [2.05, 4.69) is 46.4 Å². The normalized spacial score (nSPS) is 17.6. The van der Waals surface area contributed by atoms with Gasteiger partial charge in [-0.25, -0.2) is 4.79 Å². The molecule has 1 atom stereocenters. The average molecular weight is 525 g/mol. The summed E-state index contributed by atoms with van der Waals surface area (Å²) in [7, 11) is 4.05. The number of carboxylic acid groups (broad SMARTS) is 1. The van der Waals surface area contributed by atoms with Gasteiger partial charge in [0.25, 0.3) is 0 Å². The van der Waals surface area contributed by atoms with E-state index >= 15 is 0 Å². The molecule has 5 rings (SSSR count). The molecule has 0 saturated carbocycles.